The number of para-hydroxylation sites is 1. The third-order valence-corrected chi connectivity index (χ3v) is 4.77. The number of anilines is 2. The number of hydrogen-bond acceptors (Lipinski definition) is 4. The molecule has 10 heteroatoms. The molecule has 0 atom stereocenters. The van der Waals surface area contributed by atoms with E-state index in [1.54, 1.807) is 17.0 Å². The number of rotatable bonds is 5. The minimum Gasteiger partial charge on any atom is -0.378 e. The van der Waals surface area contributed by atoms with Crippen molar-refractivity contribution in [2.75, 3.05) is 43.5 Å². The molecular weight excluding hydrogens is 423 g/mol. The lowest BCUT2D eigenvalue weighted by molar-refractivity contribution is -0.137. The van der Waals surface area contributed by atoms with Gasteiger partial charge in [-0.3, -0.25) is 9.59 Å². The summed E-state index contributed by atoms with van der Waals surface area (Å²) in [6, 6.07) is 9.35. The number of carbonyl (C=O) groups is 2. The van der Waals surface area contributed by atoms with Gasteiger partial charge in [0.1, 0.15) is 0 Å². The van der Waals surface area contributed by atoms with E-state index in [1.807, 2.05) is 0 Å². The van der Waals surface area contributed by atoms with Crippen LogP contribution in [-0.4, -0.2) is 49.6 Å². The summed E-state index contributed by atoms with van der Waals surface area (Å²) in [6.07, 6.45) is -4.58. The number of benzene rings is 2. The highest BCUT2D eigenvalue weighted by Gasteiger charge is 2.33. The zero-order valence-corrected chi connectivity index (χ0v) is 16.5. The van der Waals surface area contributed by atoms with Crippen molar-refractivity contribution in [3.8, 4) is 0 Å². The molecule has 0 spiro atoms. The van der Waals surface area contributed by atoms with Crippen LogP contribution in [0.4, 0.5) is 24.5 Å². The zero-order valence-electron chi connectivity index (χ0n) is 15.8. The van der Waals surface area contributed by atoms with Crippen LogP contribution in [0.25, 0.3) is 0 Å². The van der Waals surface area contributed by atoms with Gasteiger partial charge in [0.2, 0.25) is 5.91 Å². The zero-order chi connectivity index (χ0) is 21.7. The monoisotopic (exact) mass is 441 g/mol. The number of nitrogens with one attached hydrogen (secondary N) is 2. The van der Waals surface area contributed by atoms with Crippen LogP contribution in [0, 0.1) is 0 Å². The second kappa shape index (κ2) is 9.36. The van der Waals surface area contributed by atoms with Gasteiger partial charge in [0.15, 0.2) is 0 Å². The number of amides is 2. The van der Waals surface area contributed by atoms with E-state index < -0.39 is 17.6 Å². The first kappa shape index (κ1) is 21.9. The predicted octanol–water partition coefficient (Wildman–Crippen LogP) is 3.88. The van der Waals surface area contributed by atoms with Crippen LogP contribution in [0.2, 0.25) is 5.02 Å². The molecule has 0 saturated carbocycles. The molecule has 0 bridgehead atoms. The van der Waals surface area contributed by atoms with Crippen molar-refractivity contribution in [3.05, 3.63) is 58.6 Å². The lowest BCUT2D eigenvalue weighted by atomic mass is 10.1. The standard InChI is InChI=1S/C20H19ClF3N3O3/c21-16-11-13(5-6-14(16)19(29)27-7-9-30-10-8-27)25-12-18(28)26-17-4-2-1-3-15(17)20(22,23)24/h1-6,11,25H,7-10,12H2,(H,26,28). The molecule has 2 N–H and O–H groups in total. The summed E-state index contributed by atoms with van der Waals surface area (Å²) in [6.45, 7) is 1.62. The summed E-state index contributed by atoms with van der Waals surface area (Å²) in [5.74, 6) is -0.868. The van der Waals surface area contributed by atoms with Crippen molar-refractivity contribution in [2.24, 2.45) is 0 Å². The lowest BCUT2D eigenvalue weighted by Gasteiger charge is -2.27. The Morgan fingerprint density at radius 3 is 2.47 bits per heavy atom. The predicted molar refractivity (Wildman–Crippen MR) is 107 cm³/mol. The summed E-state index contributed by atoms with van der Waals surface area (Å²) in [4.78, 5) is 26.3. The fraction of sp³-hybridized carbons (Fsp3) is 0.300. The van der Waals surface area contributed by atoms with E-state index in [0.29, 0.717) is 37.6 Å². The Bertz CT molecular complexity index is 931. The van der Waals surface area contributed by atoms with Crippen LogP contribution < -0.4 is 10.6 Å². The van der Waals surface area contributed by atoms with Crippen molar-refractivity contribution in [2.45, 2.75) is 6.18 Å². The van der Waals surface area contributed by atoms with Crippen molar-refractivity contribution in [3.63, 3.8) is 0 Å². The number of alkyl halides is 3. The number of nitrogens with zero attached hydrogens (tertiary/aromatic N) is 1. The molecule has 0 aliphatic carbocycles. The molecule has 160 valence electrons. The van der Waals surface area contributed by atoms with Gasteiger partial charge in [0.25, 0.3) is 5.91 Å². The molecule has 3 rings (SSSR count). The minimum absolute atomic E-state index is 0.208. The Morgan fingerprint density at radius 2 is 1.80 bits per heavy atom. The van der Waals surface area contributed by atoms with Gasteiger partial charge in [-0.1, -0.05) is 23.7 Å². The van der Waals surface area contributed by atoms with Gasteiger partial charge >= 0.3 is 6.18 Å². The number of carbonyl (C=O) groups excluding carboxylic acids is 2. The maximum absolute atomic E-state index is 13.0. The first-order chi connectivity index (χ1) is 14.3. The van der Waals surface area contributed by atoms with Crippen LogP contribution in [-0.2, 0) is 15.7 Å². The van der Waals surface area contributed by atoms with Gasteiger partial charge in [-0.2, -0.15) is 13.2 Å². The van der Waals surface area contributed by atoms with Crippen molar-refractivity contribution >= 4 is 34.8 Å². The van der Waals surface area contributed by atoms with E-state index in [9.17, 15) is 22.8 Å². The number of hydrogen-bond donors (Lipinski definition) is 2. The van der Waals surface area contributed by atoms with E-state index in [2.05, 4.69) is 10.6 Å². The molecule has 6 nitrogen and oxygen atoms in total. The molecule has 1 aliphatic heterocycles. The fourth-order valence-corrected chi connectivity index (χ4v) is 3.21. The van der Waals surface area contributed by atoms with E-state index in [4.69, 9.17) is 16.3 Å². The van der Waals surface area contributed by atoms with Gasteiger partial charge in [0.05, 0.1) is 41.6 Å². The Balaban J connectivity index is 1.60. The van der Waals surface area contributed by atoms with Crippen LogP contribution in [0.5, 0.6) is 0 Å². The first-order valence-corrected chi connectivity index (χ1v) is 9.50. The van der Waals surface area contributed by atoms with Gasteiger partial charge in [-0.05, 0) is 30.3 Å². The highest BCUT2D eigenvalue weighted by atomic mass is 35.5. The largest absolute Gasteiger partial charge is 0.418 e. The smallest absolute Gasteiger partial charge is 0.378 e. The van der Waals surface area contributed by atoms with E-state index in [0.717, 1.165) is 6.07 Å². The number of morpholine rings is 1. The molecule has 2 amide bonds. The summed E-state index contributed by atoms with van der Waals surface area (Å²) >= 11 is 6.22. The molecule has 0 radical (unpaired) electrons. The Hall–Kier alpha value is -2.78. The van der Waals surface area contributed by atoms with Crippen molar-refractivity contribution < 1.29 is 27.5 Å². The lowest BCUT2D eigenvalue weighted by Crippen LogP contribution is -2.40. The molecule has 1 saturated heterocycles. The maximum Gasteiger partial charge on any atom is 0.418 e. The molecule has 1 aliphatic rings. The molecule has 2 aromatic carbocycles. The highest BCUT2D eigenvalue weighted by molar-refractivity contribution is 6.34. The van der Waals surface area contributed by atoms with Crippen LogP contribution in [0.3, 0.4) is 0 Å². The summed E-state index contributed by atoms with van der Waals surface area (Å²) in [7, 11) is 0. The van der Waals surface area contributed by atoms with Crippen molar-refractivity contribution in [1.82, 2.24) is 4.90 Å². The van der Waals surface area contributed by atoms with E-state index >= 15 is 0 Å². The molecule has 1 heterocycles. The molecule has 30 heavy (non-hydrogen) atoms. The molecular formula is C20H19ClF3N3O3. The first-order valence-electron chi connectivity index (χ1n) is 9.12. The molecule has 2 aromatic rings. The van der Waals surface area contributed by atoms with Crippen LogP contribution >= 0.6 is 11.6 Å². The van der Waals surface area contributed by atoms with Gasteiger partial charge in [-0.15, -0.1) is 0 Å². The van der Waals surface area contributed by atoms with Crippen LogP contribution in [0.15, 0.2) is 42.5 Å². The summed E-state index contributed by atoms with van der Waals surface area (Å²) < 4.78 is 44.3. The number of halogens is 4. The van der Waals surface area contributed by atoms with Gasteiger partial charge in [0, 0.05) is 18.8 Å². The second-order valence-electron chi connectivity index (χ2n) is 6.54. The third kappa shape index (κ3) is 5.43. The van der Waals surface area contributed by atoms with E-state index in [1.165, 1.54) is 24.3 Å². The normalized spacial score (nSPS) is 14.3. The van der Waals surface area contributed by atoms with Gasteiger partial charge in [-0.25, -0.2) is 0 Å². The quantitative estimate of drug-likeness (QED) is 0.738. The molecule has 0 unspecified atom stereocenters. The minimum atomic E-state index is -4.58. The molecule has 0 aromatic heterocycles. The Morgan fingerprint density at radius 1 is 1.10 bits per heavy atom. The third-order valence-electron chi connectivity index (χ3n) is 4.46. The topological polar surface area (TPSA) is 70.7 Å². The maximum atomic E-state index is 13.0. The summed E-state index contributed by atoms with van der Waals surface area (Å²) in [5, 5.41) is 5.24. The second-order valence-corrected chi connectivity index (χ2v) is 6.95. The average Bonchev–Trinajstić information content (AvgIpc) is 2.72. The van der Waals surface area contributed by atoms with Crippen molar-refractivity contribution in [1.29, 1.82) is 0 Å². The highest BCUT2D eigenvalue weighted by Crippen LogP contribution is 2.34. The fourth-order valence-electron chi connectivity index (χ4n) is 2.95. The number of ether oxygens (including phenoxy) is 1. The Labute approximate surface area is 175 Å². The van der Waals surface area contributed by atoms with E-state index in [-0.39, 0.29) is 23.2 Å². The van der Waals surface area contributed by atoms with Crippen LogP contribution in [0.1, 0.15) is 15.9 Å². The molecule has 1 fully saturated rings. The Kier molecular flexibility index (Phi) is 6.84. The average molecular weight is 442 g/mol. The summed E-state index contributed by atoms with van der Waals surface area (Å²) in [5.41, 5.74) is -0.459. The van der Waals surface area contributed by atoms with Gasteiger partial charge < -0.3 is 20.3 Å². The SMILES string of the molecule is O=C(CNc1ccc(C(=O)N2CCOCC2)c(Cl)c1)Nc1ccccc1C(F)(F)F.